The van der Waals surface area contributed by atoms with Crippen LogP contribution in [-0.2, 0) is 44.4 Å². The lowest BCUT2D eigenvalue weighted by Gasteiger charge is -2.29. The maximum absolute atomic E-state index is 13.4. The molecule has 34 heavy (non-hydrogen) atoms. The lowest BCUT2D eigenvalue weighted by molar-refractivity contribution is -0.140. The van der Waals surface area contributed by atoms with Crippen LogP contribution in [0.15, 0.2) is 41.0 Å². The zero-order chi connectivity index (χ0) is 24.1. The topological polar surface area (TPSA) is 117 Å². The molecule has 2 fully saturated rings. The molecule has 2 atom stereocenters. The number of hydrogen-bond acceptors (Lipinski definition) is 6. The number of carbonyl (C=O) groups excluding carboxylic acids is 3. The molecule has 9 nitrogen and oxygen atoms in total. The van der Waals surface area contributed by atoms with Crippen molar-refractivity contribution in [2.75, 3.05) is 18.1 Å². The third-order valence-corrected chi connectivity index (χ3v) is 8.87. The van der Waals surface area contributed by atoms with E-state index in [1.54, 1.807) is 19.1 Å². The third kappa shape index (κ3) is 4.00. The molecule has 2 aliphatic heterocycles. The molecule has 1 aromatic heterocycles. The van der Waals surface area contributed by atoms with Crippen molar-refractivity contribution in [3.05, 3.63) is 59.0 Å². The number of aryl methyl sites for hydroxylation is 2. The SMILES string of the molecule is C[C@@]1(c2ccc3c(c2)CCC3)NC(=O)N(CC(=O)N(Cc2ccco2)[C@H]2CCS(=O)(=O)C2)C1=O. The first-order valence-corrected chi connectivity index (χ1v) is 13.3. The molecule has 1 aliphatic carbocycles. The van der Waals surface area contributed by atoms with Crippen molar-refractivity contribution in [1.29, 1.82) is 0 Å². The number of rotatable bonds is 6. The van der Waals surface area contributed by atoms with Crippen molar-refractivity contribution in [1.82, 2.24) is 15.1 Å². The monoisotopic (exact) mass is 485 g/mol. The van der Waals surface area contributed by atoms with Gasteiger partial charge in [-0.1, -0.05) is 18.2 Å². The van der Waals surface area contributed by atoms with Crippen LogP contribution in [0.25, 0.3) is 0 Å². The van der Waals surface area contributed by atoms with E-state index < -0.39 is 45.8 Å². The van der Waals surface area contributed by atoms with Crippen LogP contribution in [0.2, 0.25) is 0 Å². The van der Waals surface area contributed by atoms with Gasteiger partial charge in [-0.25, -0.2) is 13.2 Å². The van der Waals surface area contributed by atoms with Crippen molar-refractivity contribution < 1.29 is 27.2 Å². The molecule has 0 saturated carbocycles. The van der Waals surface area contributed by atoms with Crippen molar-refractivity contribution in [3.63, 3.8) is 0 Å². The Balaban J connectivity index is 1.37. The van der Waals surface area contributed by atoms with E-state index in [1.807, 2.05) is 18.2 Å². The standard InChI is InChI=1S/C24H27N3O6S/c1-24(18-8-7-16-4-2-5-17(16)12-18)22(29)27(23(30)25-24)14-21(28)26(13-20-6-3-10-33-20)19-9-11-34(31,32)15-19/h3,6-8,10,12,19H,2,4-5,9,11,13-15H2,1H3,(H,25,30)/t19-,24-/m0/s1. The van der Waals surface area contributed by atoms with Gasteiger partial charge in [-0.15, -0.1) is 0 Å². The minimum atomic E-state index is -3.25. The molecule has 10 heteroatoms. The number of sulfone groups is 1. The van der Waals surface area contributed by atoms with Gasteiger partial charge in [-0.3, -0.25) is 14.5 Å². The lowest BCUT2D eigenvalue weighted by Crippen LogP contribution is -2.48. The number of imide groups is 1. The number of nitrogens with one attached hydrogen (secondary N) is 1. The Morgan fingerprint density at radius 1 is 1.24 bits per heavy atom. The summed E-state index contributed by atoms with van der Waals surface area (Å²) in [5, 5.41) is 2.76. The minimum Gasteiger partial charge on any atom is -0.467 e. The van der Waals surface area contributed by atoms with Crippen LogP contribution in [-0.4, -0.2) is 60.2 Å². The van der Waals surface area contributed by atoms with Crippen LogP contribution in [0.4, 0.5) is 4.79 Å². The second-order valence-electron chi connectivity index (χ2n) is 9.44. The van der Waals surface area contributed by atoms with Crippen molar-refractivity contribution in [2.24, 2.45) is 0 Å². The molecule has 2 aromatic rings. The van der Waals surface area contributed by atoms with E-state index in [-0.39, 0.29) is 18.1 Å². The number of urea groups is 1. The van der Waals surface area contributed by atoms with E-state index in [2.05, 4.69) is 5.32 Å². The predicted octanol–water partition coefficient (Wildman–Crippen LogP) is 1.75. The van der Waals surface area contributed by atoms with Gasteiger partial charge >= 0.3 is 6.03 Å². The summed E-state index contributed by atoms with van der Waals surface area (Å²) in [6.07, 6.45) is 4.80. The Morgan fingerprint density at radius 2 is 2.03 bits per heavy atom. The normalized spacial score (nSPS) is 25.4. The summed E-state index contributed by atoms with van der Waals surface area (Å²) in [5.41, 5.74) is 1.87. The summed E-state index contributed by atoms with van der Waals surface area (Å²) in [4.78, 5) is 41.9. The van der Waals surface area contributed by atoms with Gasteiger partial charge in [0.25, 0.3) is 5.91 Å². The first-order valence-electron chi connectivity index (χ1n) is 11.4. The fourth-order valence-corrected chi connectivity index (χ4v) is 6.89. The zero-order valence-electron chi connectivity index (χ0n) is 19.0. The molecular formula is C24H27N3O6S. The van der Waals surface area contributed by atoms with Crippen molar-refractivity contribution in [2.45, 2.75) is 50.7 Å². The molecule has 180 valence electrons. The Hall–Kier alpha value is -3.14. The number of hydrogen-bond donors (Lipinski definition) is 1. The second-order valence-corrected chi connectivity index (χ2v) is 11.7. The van der Waals surface area contributed by atoms with Crippen molar-refractivity contribution >= 4 is 27.7 Å². The van der Waals surface area contributed by atoms with E-state index in [0.29, 0.717) is 17.7 Å². The van der Waals surface area contributed by atoms with Gasteiger partial charge in [-0.2, -0.15) is 0 Å². The Morgan fingerprint density at radius 3 is 2.74 bits per heavy atom. The van der Waals surface area contributed by atoms with Crippen LogP contribution in [0.5, 0.6) is 0 Å². The quantitative estimate of drug-likeness (QED) is 0.623. The molecular weight excluding hydrogens is 458 g/mol. The van der Waals surface area contributed by atoms with E-state index in [1.165, 1.54) is 22.3 Å². The van der Waals surface area contributed by atoms with E-state index in [0.717, 1.165) is 24.2 Å². The molecule has 3 aliphatic rings. The van der Waals surface area contributed by atoms with Crippen LogP contribution in [0.3, 0.4) is 0 Å². The highest BCUT2D eigenvalue weighted by Crippen LogP contribution is 2.33. The molecule has 0 spiro atoms. The third-order valence-electron chi connectivity index (χ3n) is 7.12. The maximum atomic E-state index is 13.4. The summed E-state index contributed by atoms with van der Waals surface area (Å²) in [7, 11) is -3.25. The zero-order valence-corrected chi connectivity index (χ0v) is 19.8. The van der Waals surface area contributed by atoms with Gasteiger partial charge in [0.2, 0.25) is 5.91 Å². The van der Waals surface area contributed by atoms with Gasteiger partial charge in [0.1, 0.15) is 17.8 Å². The maximum Gasteiger partial charge on any atom is 0.325 e. The van der Waals surface area contributed by atoms with E-state index in [9.17, 15) is 22.8 Å². The highest BCUT2D eigenvalue weighted by molar-refractivity contribution is 7.91. The van der Waals surface area contributed by atoms with E-state index >= 15 is 0 Å². The van der Waals surface area contributed by atoms with Crippen molar-refractivity contribution in [3.8, 4) is 0 Å². The Bertz CT molecular complexity index is 1260. The fourth-order valence-electron chi connectivity index (χ4n) is 5.16. The number of fused-ring (bicyclic) bond motifs is 1. The lowest BCUT2D eigenvalue weighted by atomic mass is 9.89. The largest absolute Gasteiger partial charge is 0.467 e. The first kappa shape index (κ1) is 22.6. The molecule has 4 amide bonds. The van der Waals surface area contributed by atoms with Crippen LogP contribution < -0.4 is 5.32 Å². The van der Waals surface area contributed by atoms with Gasteiger partial charge in [0, 0.05) is 6.04 Å². The summed E-state index contributed by atoms with van der Waals surface area (Å²) < 4.78 is 29.5. The molecule has 5 rings (SSSR count). The number of carbonyl (C=O) groups is 3. The Labute approximate surface area is 198 Å². The number of furan rings is 1. The summed E-state index contributed by atoms with van der Waals surface area (Å²) >= 11 is 0. The fraction of sp³-hybridized carbons (Fsp3) is 0.458. The molecule has 2 saturated heterocycles. The van der Waals surface area contributed by atoms with Crippen LogP contribution in [0, 0.1) is 0 Å². The van der Waals surface area contributed by atoms with Crippen LogP contribution in [0.1, 0.15) is 42.2 Å². The number of amides is 4. The van der Waals surface area contributed by atoms with Gasteiger partial charge in [0.15, 0.2) is 9.84 Å². The minimum absolute atomic E-state index is 0.000861. The number of nitrogens with zero attached hydrogens (tertiary/aromatic N) is 2. The smallest absolute Gasteiger partial charge is 0.325 e. The number of benzene rings is 1. The molecule has 3 heterocycles. The van der Waals surface area contributed by atoms with Gasteiger partial charge < -0.3 is 14.6 Å². The average molecular weight is 486 g/mol. The van der Waals surface area contributed by atoms with Gasteiger partial charge in [0.05, 0.1) is 24.3 Å². The van der Waals surface area contributed by atoms with Crippen LogP contribution >= 0.6 is 0 Å². The summed E-state index contributed by atoms with van der Waals surface area (Å²) in [6, 6.07) is 8.04. The van der Waals surface area contributed by atoms with Gasteiger partial charge in [-0.05, 0) is 61.4 Å². The Kier molecular flexibility index (Phi) is 5.50. The average Bonchev–Trinajstić information content (AvgIpc) is 3.57. The summed E-state index contributed by atoms with van der Waals surface area (Å²) in [6.45, 7) is 1.25. The predicted molar refractivity (Wildman–Crippen MR) is 122 cm³/mol. The van der Waals surface area contributed by atoms with E-state index in [4.69, 9.17) is 4.42 Å². The molecule has 0 bridgehead atoms. The molecule has 1 N–H and O–H groups in total. The first-order chi connectivity index (χ1) is 16.2. The second kappa shape index (κ2) is 8.26. The summed E-state index contributed by atoms with van der Waals surface area (Å²) in [5.74, 6) is -0.648. The molecule has 0 radical (unpaired) electrons. The molecule has 0 unspecified atom stereocenters. The highest BCUT2D eigenvalue weighted by Gasteiger charge is 2.50. The highest BCUT2D eigenvalue weighted by atomic mass is 32.2. The molecule has 1 aromatic carbocycles.